The van der Waals surface area contributed by atoms with Gasteiger partial charge in [0.1, 0.15) is 0 Å². The second-order valence-corrected chi connectivity index (χ2v) is 4.29. The second-order valence-electron chi connectivity index (χ2n) is 4.29. The highest BCUT2D eigenvalue weighted by Crippen LogP contribution is 2.32. The summed E-state index contributed by atoms with van der Waals surface area (Å²) in [5, 5.41) is 3.03. The standard InChI is InChI=1S/C10H19NO/c1-7(2)6-10(12)11-8(3)9-4-5-9/h7-9H,4-6H2,1-3H3,(H,11,12)/t8-/m0/s1. The first-order valence-electron chi connectivity index (χ1n) is 4.89. The molecule has 2 heteroatoms. The molecule has 1 amide bonds. The molecule has 0 heterocycles. The zero-order valence-electron chi connectivity index (χ0n) is 8.26. The van der Waals surface area contributed by atoms with Crippen LogP contribution in [0.15, 0.2) is 0 Å². The lowest BCUT2D eigenvalue weighted by molar-refractivity contribution is -0.122. The van der Waals surface area contributed by atoms with E-state index in [1.807, 2.05) is 0 Å². The number of carbonyl (C=O) groups excluding carboxylic acids is 1. The van der Waals surface area contributed by atoms with Crippen LogP contribution in [0.25, 0.3) is 0 Å². The summed E-state index contributed by atoms with van der Waals surface area (Å²) < 4.78 is 0. The van der Waals surface area contributed by atoms with Crippen LogP contribution in [-0.2, 0) is 4.79 Å². The number of hydrogen-bond acceptors (Lipinski definition) is 1. The van der Waals surface area contributed by atoms with Gasteiger partial charge in [-0.1, -0.05) is 13.8 Å². The Balaban J connectivity index is 2.15. The maximum Gasteiger partial charge on any atom is 0.220 e. The van der Waals surface area contributed by atoms with Crippen molar-refractivity contribution in [3.63, 3.8) is 0 Å². The van der Waals surface area contributed by atoms with E-state index in [1.165, 1.54) is 12.8 Å². The van der Waals surface area contributed by atoms with Gasteiger partial charge in [-0.3, -0.25) is 4.79 Å². The first kappa shape index (κ1) is 9.56. The fraction of sp³-hybridized carbons (Fsp3) is 0.900. The van der Waals surface area contributed by atoms with E-state index in [0.29, 0.717) is 18.4 Å². The molecule has 0 aromatic carbocycles. The van der Waals surface area contributed by atoms with E-state index in [9.17, 15) is 4.79 Å². The lowest BCUT2D eigenvalue weighted by atomic mass is 10.1. The van der Waals surface area contributed by atoms with Gasteiger partial charge in [-0.15, -0.1) is 0 Å². The van der Waals surface area contributed by atoms with Gasteiger partial charge in [-0.2, -0.15) is 0 Å². The molecular weight excluding hydrogens is 150 g/mol. The predicted molar refractivity (Wildman–Crippen MR) is 49.8 cm³/mol. The van der Waals surface area contributed by atoms with Gasteiger partial charge < -0.3 is 5.32 Å². The Morgan fingerprint density at radius 1 is 1.42 bits per heavy atom. The molecule has 0 radical (unpaired) electrons. The highest BCUT2D eigenvalue weighted by molar-refractivity contribution is 5.76. The van der Waals surface area contributed by atoms with E-state index in [2.05, 4.69) is 26.1 Å². The third-order valence-corrected chi connectivity index (χ3v) is 2.31. The third-order valence-electron chi connectivity index (χ3n) is 2.31. The fourth-order valence-corrected chi connectivity index (χ4v) is 1.40. The van der Waals surface area contributed by atoms with Gasteiger partial charge in [0.05, 0.1) is 0 Å². The minimum atomic E-state index is 0.212. The fourth-order valence-electron chi connectivity index (χ4n) is 1.40. The van der Waals surface area contributed by atoms with Crippen molar-refractivity contribution in [3.8, 4) is 0 Å². The highest BCUT2D eigenvalue weighted by Gasteiger charge is 2.28. The molecular formula is C10H19NO. The minimum Gasteiger partial charge on any atom is -0.353 e. The topological polar surface area (TPSA) is 29.1 Å². The van der Waals surface area contributed by atoms with Crippen LogP contribution < -0.4 is 5.32 Å². The van der Waals surface area contributed by atoms with Crippen molar-refractivity contribution in [2.75, 3.05) is 0 Å². The largest absolute Gasteiger partial charge is 0.353 e. The summed E-state index contributed by atoms with van der Waals surface area (Å²) in [6.07, 6.45) is 3.25. The van der Waals surface area contributed by atoms with Gasteiger partial charge in [-0.05, 0) is 31.6 Å². The second kappa shape index (κ2) is 3.92. The molecule has 0 unspecified atom stereocenters. The molecule has 1 atom stereocenters. The van der Waals surface area contributed by atoms with Crippen LogP contribution in [0, 0.1) is 11.8 Å². The molecule has 1 aliphatic carbocycles. The van der Waals surface area contributed by atoms with Crippen molar-refractivity contribution in [2.45, 2.75) is 46.1 Å². The zero-order chi connectivity index (χ0) is 9.14. The molecule has 12 heavy (non-hydrogen) atoms. The number of carbonyl (C=O) groups is 1. The number of rotatable bonds is 4. The van der Waals surface area contributed by atoms with Gasteiger partial charge in [0.15, 0.2) is 0 Å². The summed E-state index contributed by atoms with van der Waals surface area (Å²) in [5.41, 5.74) is 0. The van der Waals surface area contributed by atoms with Gasteiger partial charge in [0.2, 0.25) is 5.91 Å². The smallest absolute Gasteiger partial charge is 0.220 e. The van der Waals surface area contributed by atoms with Gasteiger partial charge >= 0.3 is 0 Å². The van der Waals surface area contributed by atoms with Crippen molar-refractivity contribution in [1.29, 1.82) is 0 Å². The van der Waals surface area contributed by atoms with Crippen molar-refractivity contribution >= 4 is 5.91 Å². The normalized spacial score (nSPS) is 19.3. The lowest BCUT2D eigenvalue weighted by Gasteiger charge is -2.13. The number of amides is 1. The van der Waals surface area contributed by atoms with E-state index < -0.39 is 0 Å². The van der Waals surface area contributed by atoms with Crippen LogP contribution in [-0.4, -0.2) is 11.9 Å². The molecule has 1 N–H and O–H groups in total. The highest BCUT2D eigenvalue weighted by atomic mass is 16.1. The van der Waals surface area contributed by atoms with Gasteiger partial charge in [0, 0.05) is 12.5 Å². The van der Waals surface area contributed by atoms with Crippen LogP contribution in [0.3, 0.4) is 0 Å². The molecule has 0 aromatic rings. The summed E-state index contributed by atoms with van der Waals surface area (Å²) in [6.45, 7) is 6.25. The van der Waals surface area contributed by atoms with Crippen LogP contribution in [0.2, 0.25) is 0 Å². The van der Waals surface area contributed by atoms with Gasteiger partial charge in [-0.25, -0.2) is 0 Å². The van der Waals surface area contributed by atoms with Crippen molar-refractivity contribution in [1.82, 2.24) is 5.32 Å². The summed E-state index contributed by atoms with van der Waals surface area (Å²) in [6, 6.07) is 0.399. The average Bonchev–Trinajstić information content (AvgIpc) is 2.63. The molecule has 0 aromatic heterocycles. The Labute approximate surface area is 74.7 Å². The SMILES string of the molecule is CC(C)CC(=O)N[C@@H](C)C1CC1. The molecule has 0 spiro atoms. The number of nitrogens with one attached hydrogen (secondary N) is 1. The van der Waals surface area contributed by atoms with E-state index >= 15 is 0 Å². The van der Waals surface area contributed by atoms with Gasteiger partial charge in [0.25, 0.3) is 0 Å². The van der Waals surface area contributed by atoms with Crippen molar-refractivity contribution in [3.05, 3.63) is 0 Å². The monoisotopic (exact) mass is 169 g/mol. The molecule has 1 fully saturated rings. The minimum absolute atomic E-state index is 0.212. The summed E-state index contributed by atoms with van der Waals surface area (Å²) in [4.78, 5) is 11.3. The zero-order valence-corrected chi connectivity index (χ0v) is 8.26. The lowest BCUT2D eigenvalue weighted by Crippen LogP contribution is -2.34. The average molecular weight is 169 g/mol. The Morgan fingerprint density at radius 2 is 2.00 bits per heavy atom. The molecule has 2 nitrogen and oxygen atoms in total. The molecule has 0 saturated heterocycles. The molecule has 0 aliphatic heterocycles. The predicted octanol–water partition coefficient (Wildman–Crippen LogP) is 1.95. The Morgan fingerprint density at radius 3 is 2.42 bits per heavy atom. The van der Waals surface area contributed by atoms with E-state index in [4.69, 9.17) is 0 Å². The molecule has 70 valence electrons. The van der Waals surface area contributed by atoms with Crippen LogP contribution in [0.5, 0.6) is 0 Å². The quantitative estimate of drug-likeness (QED) is 0.684. The Kier molecular flexibility index (Phi) is 3.12. The van der Waals surface area contributed by atoms with Crippen LogP contribution in [0.1, 0.15) is 40.0 Å². The molecule has 1 rings (SSSR count). The summed E-state index contributed by atoms with van der Waals surface area (Å²) in [7, 11) is 0. The molecule has 0 bridgehead atoms. The summed E-state index contributed by atoms with van der Waals surface area (Å²) >= 11 is 0. The third kappa shape index (κ3) is 3.24. The molecule has 1 aliphatic rings. The Hall–Kier alpha value is -0.530. The molecule has 1 saturated carbocycles. The van der Waals surface area contributed by atoms with E-state index in [0.717, 1.165) is 5.92 Å². The van der Waals surface area contributed by atoms with Crippen molar-refractivity contribution < 1.29 is 4.79 Å². The van der Waals surface area contributed by atoms with Crippen molar-refractivity contribution in [2.24, 2.45) is 11.8 Å². The first-order chi connectivity index (χ1) is 5.59. The maximum atomic E-state index is 11.3. The number of hydrogen-bond donors (Lipinski definition) is 1. The van der Waals surface area contributed by atoms with E-state index in [1.54, 1.807) is 0 Å². The maximum absolute atomic E-state index is 11.3. The summed E-state index contributed by atoms with van der Waals surface area (Å²) in [5.74, 6) is 1.45. The first-order valence-corrected chi connectivity index (χ1v) is 4.89. The van der Waals surface area contributed by atoms with Crippen LogP contribution in [0.4, 0.5) is 0 Å². The van der Waals surface area contributed by atoms with Crippen LogP contribution >= 0.6 is 0 Å². The Bertz CT molecular complexity index is 161. The van der Waals surface area contributed by atoms with E-state index in [-0.39, 0.29) is 5.91 Å².